The molecule has 1 aromatic carbocycles. The summed E-state index contributed by atoms with van der Waals surface area (Å²) < 4.78 is 13.0. The van der Waals surface area contributed by atoms with Gasteiger partial charge in [-0.05, 0) is 31.5 Å². The van der Waals surface area contributed by atoms with Gasteiger partial charge in [0.1, 0.15) is 5.82 Å². The lowest BCUT2D eigenvalue weighted by Crippen LogP contribution is -2.43. The molecule has 5 heteroatoms. The highest BCUT2D eigenvalue weighted by molar-refractivity contribution is 5.85. The van der Waals surface area contributed by atoms with Crippen molar-refractivity contribution in [2.24, 2.45) is 5.73 Å². The Morgan fingerprint density at radius 3 is 2.62 bits per heavy atom. The summed E-state index contributed by atoms with van der Waals surface area (Å²) in [5, 5.41) is 2.72. The van der Waals surface area contributed by atoms with Crippen LogP contribution in [0.15, 0.2) is 24.3 Å². The van der Waals surface area contributed by atoms with Crippen LogP contribution < -0.4 is 11.1 Å². The van der Waals surface area contributed by atoms with Crippen molar-refractivity contribution in [1.82, 2.24) is 5.32 Å². The first-order valence-electron chi connectivity index (χ1n) is 4.73. The van der Waals surface area contributed by atoms with Crippen molar-refractivity contribution in [3.8, 4) is 0 Å². The molecule has 3 N–H and O–H groups in total. The molecule has 0 spiro atoms. The summed E-state index contributed by atoms with van der Waals surface area (Å²) in [5.74, 6) is -0.577. The van der Waals surface area contributed by atoms with Gasteiger partial charge in [0.15, 0.2) is 0 Å². The molecule has 0 aliphatic carbocycles. The van der Waals surface area contributed by atoms with Gasteiger partial charge in [0.25, 0.3) is 0 Å². The van der Waals surface area contributed by atoms with Gasteiger partial charge >= 0.3 is 0 Å². The first kappa shape index (κ1) is 14.9. The van der Waals surface area contributed by atoms with Crippen molar-refractivity contribution < 1.29 is 9.18 Å². The molecule has 3 nitrogen and oxygen atoms in total. The van der Waals surface area contributed by atoms with Crippen molar-refractivity contribution in [2.75, 3.05) is 6.54 Å². The molecule has 0 atom stereocenters. The lowest BCUT2D eigenvalue weighted by Gasteiger charge is -2.26. The maximum atomic E-state index is 13.0. The van der Waals surface area contributed by atoms with E-state index >= 15 is 0 Å². The zero-order valence-corrected chi connectivity index (χ0v) is 10.1. The van der Waals surface area contributed by atoms with Gasteiger partial charge in [-0.3, -0.25) is 4.79 Å². The second-order valence-electron chi connectivity index (χ2n) is 3.89. The summed E-state index contributed by atoms with van der Waals surface area (Å²) in [4.78, 5) is 11.2. The largest absolute Gasteiger partial charge is 0.346 e. The number of carbonyl (C=O) groups excluding carboxylic acids is 1. The Morgan fingerprint density at radius 1 is 1.50 bits per heavy atom. The highest BCUT2D eigenvalue weighted by Crippen LogP contribution is 2.20. The monoisotopic (exact) mass is 246 g/mol. The molecule has 0 bridgehead atoms. The quantitative estimate of drug-likeness (QED) is 0.851. The van der Waals surface area contributed by atoms with Gasteiger partial charge in [0.05, 0.1) is 12.1 Å². The minimum Gasteiger partial charge on any atom is -0.346 e. The van der Waals surface area contributed by atoms with E-state index in [1.54, 1.807) is 26.0 Å². The Kier molecular flexibility index (Phi) is 5.41. The lowest BCUT2D eigenvalue weighted by molar-refractivity contribution is -0.121. The Labute approximate surface area is 101 Å². The Balaban J connectivity index is 0.00000225. The summed E-state index contributed by atoms with van der Waals surface area (Å²) in [6.45, 7) is 3.53. The molecule has 16 heavy (non-hydrogen) atoms. The molecule has 0 unspecified atom stereocenters. The average molecular weight is 247 g/mol. The van der Waals surface area contributed by atoms with Crippen molar-refractivity contribution >= 4 is 18.3 Å². The molecule has 1 aromatic rings. The first-order valence-corrected chi connectivity index (χ1v) is 4.73. The number of nitrogens with one attached hydrogen (secondary N) is 1. The van der Waals surface area contributed by atoms with Gasteiger partial charge in [-0.2, -0.15) is 0 Å². The molecule has 0 saturated carbocycles. The van der Waals surface area contributed by atoms with Crippen LogP contribution in [0.25, 0.3) is 0 Å². The van der Waals surface area contributed by atoms with Gasteiger partial charge < -0.3 is 11.1 Å². The van der Waals surface area contributed by atoms with Gasteiger partial charge in [-0.25, -0.2) is 4.39 Å². The van der Waals surface area contributed by atoms with E-state index in [-0.39, 0.29) is 30.7 Å². The molecule has 0 fully saturated rings. The van der Waals surface area contributed by atoms with Crippen LogP contribution in [0.4, 0.5) is 4.39 Å². The molecule has 90 valence electrons. The fraction of sp³-hybridized carbons (Fsp3) is 0.364. The Morgan fingerprint density at radius 2 is 2.12 bits per heavy atom. The van der Waals surface area contributed by atoms with Gasteiger partial charge in [0, 0.05) is 0 Å². The third-order valence-electron chi connectivity index (χ3n) is 2.18. The summed E-state index contributed by atoms with van der Waals surface area (Å²) in [6.07, 6.45) is 0. The summed E-state index contributed by atoms with van der Waals surface area (Å²) in [7, 11) is 0. The van der Waals surface area contributed by atoms with E-state index in [0.29, 0.717) is 5.56 Å². The molecule has 0 radical (unpaired) electrons. The van der Waals surface area contributed by atoms with Crippen LogP contribution in [0.1, 0.15) is 19.4 Å². The first-order chi connectivity index (χ1) is 6.95. The molecule has 1 rings (SSSR count). The van der Waals surface area contributed by atoms with Crippen LogP contribution in [0, 0.1) is 5.82 Å². The van der Waals surface area contributed by atoms with E-state index in [1.165, 1.54) is 12.1 Å². The van der Waals surface area contributed by atoms with Crippen LogP contribution in [-0.4, -0.2) is 12.5 Å². The molecule has 1 amide bonds. The van der Waals surface area contributed by atoms with Gasteiger partial charge in [-0.15, -0.1) is 12.4 Å². The average Bonchev–Trinajstić information content (AvgIpc) is 2.17. The Hall–Kier alpha value is -1.13. The topological polar surface area (TPSA) is 55.1 Å². The number of hydrogen-bond donors (Lipinski definition) is 2. The second kappa shape index (κ2) is 5.82. The summed E-state index contributed by atoms with van der Waals surface area (Å²) in [5.41, 5.74) is 5.30. The third kappa shape index (κ3) is 3.79. The molecule has 0 aliphatic rings. The van der Waals surface area contributed by atoms with Crippen LogP contribution in [0.5, 0.6) is 0 Å². The number of amides is 1. The molecule has 0 aromatic heterocycles. The maximum absolute atomic E-state index is 13.0. The molecular weight excluding hydrogens is 231 g/mol. The van der Waals surface area contributed by atoms with Crippen LogP contribution >= 0.6 is 12.4 Å². The standard InChI is InChI=1S/C11H15FN2O.ClH/c1-11(2,14-10(15)7-13)8-4-3-5-9(12)6-8;/h3-6H,7,13H2,1-2H3,(H,14,15);1H. The number of carbonyl (C=O) groups is 1. The van der Waals surface area contributed by atoms with Crippen molar-refractivity contribution in [1.29, 1.82) is 0 Å². The molecule has 0 saturated heterocycles. The molecule has 0 aliphatic heterocycles. The summed E-state index contributed by atoms with van der Waals surface area (Å²) >= 11 is 0. The van der Waals surface area contributed by atoms with Gasteiger partial charge in [0.2, 0.25) is 5.91 Å². The number of benzene rings is 1. The normalized spacial score (nSPS) is 10.5. The zero-order valence-electron chi connectivity index (χ0n) is 9.29. The molecular formula is C11H16ClFN2O. The SMILES string of the molecule is CC(C)(NC(=O)CN)c1cccc(F)c1.Cl. The van der Waals surface area contributed by atoms with E-state index in [9.17, 15) is 9.18 Å². The second-order valence-corrected chi connectivity index (χ2v) is 3.89. The highest BCUT2D eigenvalue weighted by atomic mass is 35.5. The van der Waals surface area contributed by atoms with Crippen LogP contribution in [-0.2, 0) is 10.3 Å². The predicted octanol–water partition coefficient (Wildman–Crippen LogP) is 1.56. The predicted molar refractivity (Wildman–Crippen MR) is 63.9 cm³/mol. The van der Waals surface area contributed by atoms with Crippen LogP contribution in [0.3, 0.4) is 0 Å². The van der Waals surface area contributed by atoms with Crippen LogP contribution in [0.2, 0.25) is 0 Å². The minimum atomic E-state index is -0.613. The fourth-order valence-corrected chi connectivity index (χ4v) is 1.35. The minimum absolute atomic E-state index is 0. The van der Waals surface area contributed by atoms with Crippen molar-refractivity contribution in [2.45, 2.75) is 19.4 Å². The van der Waals surface area contributed by atoms with E-state index < -0.39 is 5.54 Å². The third-order valence-corrected chi connectivity index (χ3v) is 2.18. The zero-order chi connectivity index (χ0) is 11.5. The smallest absolute Gasteiger partial charge is 0.234 e. The fourth-order valence-electron chi connectivity index (χ4n) is 1.35. The van der Waals surface area contributed by atoms with E-state index in [2.05, 4.69) is 5.32 Å². The van der Waals surface area contributed by atoms with E-state index in [0.717, 1.165) is 0 Å². The Bertz CT molecular complexity index is 369. The highest BCUT2D eigenvalue weighted by Gasteiger charge is 2.22. The van der Waals surface area contributed by atoms with Gasteiger partial charge in [-0.1, -0.05) is 12.1 Å². The number of nitrogens with two attached hydrogens (primary N) is 1. The lowest BCUT2D eigenvalue weighted by atomic mass is 9.94. The molecule has 0 heterocycles. The number of rotatable bonds is 3. The maximum Gasteiger partial charge on any atom is 0.234 e. The number of hydrogen-bond acceptors (Lipinski definition) is 2. The van der Waals surface area contributed by atoms with E-state index in [1.807, 2.05) is 0 Å². The number of halogens is 2. The van der Waals surface area contributed by atoms with E-state index in [4.69, 9.17) is 5.73 Å². The van der Waals surface area contributed by atoms with Crippen molar-refractivity contribution in [3.05, 3.63) is 35.6 Å². The summed E-state index contributed by atoms with van der Waals surface area (Å²) in [6, 6.07) is 6.14. The van der Waals surface area contributed by atoms with Crippen molar-refractivity contribution in [3.63, 3.8) is 0 Å².